The maximum absolute atomic E-state index is 13.7. The van der Waals surface area contributed by atoms with Gasteiger partial charge in [-0.25, -0.2) is 4.39 Å². The fraction of sp³-hybridized carbons (Fsp3) is 0.529. The number of hydrogen-bond donors (Lipinski definition) is 1. The fourth-order valence-corrected chi connectivity index (χ4v) is 3.56. The number of carbonyl (C=O) groups is 2. The summed E-state index contributed by atoms with van der Waals surface area (Å²) in [5, 5.41) is 2.94. The lowest BCUT2D eigenvalue weighted by Crippen LogP contribution is -2.46. The van der Waals surface area contributed by atoms with Gasteiger partial charge in [0.15, 0.2) is 0 Å². The molecule has 2 amide bonds. The summed E-state index contributed by atoms with van der Waals surface area (Å²) in [6.45, 7) is 4.86. The van der Waals surface area contributed by atoms with E-state index in [4.69, 9.17) is 0 Å². The van der Waals surface area contributed by atoms with E-state index in [-0.39, 0.29) is 28.9 Å². The van der Waals surface area contributed by atoms with Crippen molar-refractivity contribution in [2.45, 2.75) is 38.0 Å². The van der Waals surface area contributed by atoms with Gasteiger partial charge in [0.1, 0.15) is 5.82 Å². The minimum Gasteiger partial charge on any atom is -0.353 e. The first-order valence-corrected chi connectivity index (χ1v) is 8.93. The van der Waals surface area contributed by atoms with E-state index in [9.17, 15) is 14.0 Å². The molecule has 0 aromatic heterocycles. The van der Waals surface area contributed by atoms with Crippen LogP contribution in [0.2, 0.25) is 0 Å². The predicted molar refractivity (Wildman–Crippen MR) is 90.7 cm³/mol. The second-order valence-electron chi connectivity index (χ2n) is 5.82. The van der Waals surface area contributed by atoms with Gasteiger partial charge in [0, 0.05) is 36.9 Å². The summed E-state index contributed by atoms with van der Waals surface area (Å²) in [6.07, 6.45) is 1.58. The summed E-state index contributed by atoms with van der Waals surface area (Å²) in [4.78, 5) is 25.1. The Morgan fingerprint density at radius 3 is 2.61 bits per heavy atom. The summed E-state index contributed by atoms with van der Waals surface area (Å²) >= 11 is 1.43. The van der Waals surface area contributed by atoms with Gasteiger partial charge < -0.3 is 10.2 Å². The highest BCUT2D eigenvalue weighted by molar-refractivity contribution is 8.00. The quantitative estimate of drug-likeness (QED) is 0.898. The number of amides is 2. The van der Waals surface area contributed by atoms with Crippen molar-refractivity contribution in [2.75, 3.05) is 18.8 Å². The Bertz CT molecular complexity index is 559. The molecular weight excluding hydrogens is 315 g/mol. The van der Waals surface area contributed by atoms with Gasteiger partial charge in [-0.1, -0.05) is 18.2 Å². The topological polar surface area (TPSA) is 49.4 Å². The Balaban J connectivity index is 1.73. The molecule has 1 atom stereocenters. The van der Waals surface area contributed by atoms with Crippen LogP contribution in [-0.2, 0) is 9.59 Å². The Labute approximate surface area is 140 Å². The van der Waals surface area contributed by atoms with Gasteiger partial charge in [-0.2, -0.15) is 0 Å². The van der Waals surface area contributed by atoms with E-state index < -0.39 is 0 Å². The summed E-state index contributed by atoms with van der Waals surface area (Å²) in [5.41, 5.74) is 0.625. The number of thioether (sulfide) groups is 1. The molecule has 1 aromatic carbocycles. The van der Waals surface area contributed by atoms with E-state index in [1.54, 1.807) is 30.0 Å². The second kappa shape index (κ2) is 8.34. The Morgan fingerprint density at radius 1 is 1.35 bits per heavy atom. The first-order chi connectivity index (χ1) is 11.0. The number of likely N-dealkylation sites (tertiary alicyclic amines) is 1. The second-order valence-corrected chi connectivity index (χ2v) is 7.15. The van der Waals surface area contributed by atoms with Crippen LogP contribution in [0.25, 0.3) is 0 Å². The Hall–Kier alpha value is -1.56. The third kappa shape index (κ3) is 5.23. The summed E-state index contributed by atoms with van der Waals surface area (Å²) in [6, 6.07) is 6.79. The van der Waals surface area contributed by atoms with Gasteiger partial charge in [-0.05, 0) is 25.8 Å². The lowest BCUT2D eigenvalue weighted by Gasteiger charge is -2.31. The molecule has 0 aliphatic carbocycles. The number of hydrogen-bond acceptors (Lipinski definition) is 3. The zero-order valence-corrected chi connectivity index (χ0v) is 14.4. The number of carbonyl (C=O) groups excluding carboxylic acids is 2. The third-order valence-electron chi connectivity index (χ3n) is 4.11. The SMILES string of the molecule is CC(=O)N1CCC(NC(=O)CS[C@H](C)c2ccccc2F)CC1. The predicted octanol–water partition coefficient (Wildman–Crippen LogP) is 2.75. The minimum absolute atomic E-state index is 0.0283. The van der Waals surface area contributed by atoms with Gasteiger partial charge in [-0.3, -0.25) is 9.59 Å². The lowest BCUT2D eigenvalue weighted by atomic mass is 10.1. The molecule has 1 saturated heterocycles. The molecule has 1 aliphatic heterocycles. The van der Waals surface area contributed by atoms with Crippen molar-refractivity contribution in [1.82, 2.24) is 10.2 Å². The van der Waals surface area contributed by atoms with Crippen molar-refractivity contribution in [3.05, 3.63) is 35.6 Å². The normalized spacial score (nSPS) is 16.9. The van der Waals surface area contributed by atoms with Crippen molar-refractivity contribution < 1.29 is 14.0 Å². The molecule has 1 fully saturated rings. The molecule has 2 rings (SSSR count). The number of piperidine rings is 1. The first kappa shape index (κ1) is 17.8. The molecule has 4 nitrogen and oxygen atoms in total. The van der Waals surface area contributed by atoms with Crippen LogP contribution in [-0.4, -0.2) is 41.6 Å². The molecule has 0 spiro atoms. The highest BCUT2D eigenvalue weighted by atomic mass is 32.2. The van der Waals surface area contributed by atoms with Crippen LogP contribution < -0.4 is 5.32 Å². The highest BCUT2D eigenvalue weighted by Gasteiger charge is 2.22. The molecular formula is C17H23FN2O2S. The minimum atomic E-state index is -0.232. The summed E-state index contributed by atoms with van der Waals surface area (Å²) in [7, 11) is 0. The zero-order valence-electron chi connectivity index (χ0n) is 13.5. The number of rotatable bonds is 5. The maximum atomic E-state index is 13.7. The van der Waals surface area contributed by atoms with Crippen LogP contribution in [0, 0.1) is 5.82 Å². The molecule has 1 aromatic rings. The van der Waals surface area contributed by atoms with Crippen LogP contribution in [0.4, 0.5) is 4.39 Å². The average molecular weight is 338 g/mol. The summed E-state index contributed by atoms with van der Waals surface area (Å²) < 4.78 is 13.7. The van der Waals surface area contributed by atoms with E-state index in [1.165, 1.54) is 17.8 Å². The molecule has 1 heterocycles. The maximum Gasteiger partial charge on any atom is 0.230 e. The van der Waals surface area contributed by atoms with Crippen molar-refractivity contribution >= 4 is 23.6 Å². The van der Waals surface area contributed by atoms with E-state index in [2.05, 4.69) is 5.32 Å². The summed E-state index contributed by atoms with van der Waals surface area (Å²) in [5.74, 6) is 0.135. The van der Waals surface area contributed by atoms with Crippen molar-refractivity contribution in [2.24, 2.45) is 0 Å². The van der Waals surface area contributed by atoms with E-state index >= 15 is 0 Å². The molecule has 23 heavy (non-hydrogen) atoms. The Morgan fingerprint density at radius 2 is 2.00 bits per heavy atom. The van der Waals surface area contributed by atoms with Crippen molar-refractivity contribution in [1.29, 1.82) is 0 Å². The number of nitrogens with one attached hydrogen (secondary N) is 1. The zero-order chi connectivity index (χ0) is 16.8. The number of benzene rings is 1. The number of nitrogens with zero attached hydrogens (tertiary/aromatic N) is 1. The van der Waals surface area contributed by atoms with Crippen LogP contribution in [0.15, 0.2) is 24.3 Å². The van der Waals surface area contributed by atoms with Crippen LogP contribution in [0.3, 0.4) is 0 Å². The molecule has 126 valence electrons. The molecule has 1 N–H and O–H groups in total. The molecule has 0 bridgehead atoms. The molecule has 0 unspecified atom stereocenters. The van der Waals surface area contributed by atoms with Crippen LogP contribution in [0.1, 0.15) is 37.5 Å². The van der Waals surface area contributed by atoms with Crippen LogP contribution >= 0.6 is 11.8 Å². The third-order valence-corrected chi connectivity index (χ3v) is 5.30. The smallest absolute Gasteiger partial charge is 0.230 e. The largest absolute Gasteiger partial charge is 0.353 e. The van der Waals surface area contributed by atoms with Gasteiger partial charge >= 0.3 is 0 Å². The van der Waals surface area contributed by atoms with Crippen molar-refractivity contribution in [3.8, 4) is 0 Å². The molecule has 6 heteroatoms. The molecule has 1 aliphatic rings. The van der Waals surface area contributed by atoms with E-state index in [0.29, 0.717) is 24.4 Å². The highest BCUT2D eigenvalue weighted by Crippen LogP contribution is 2.29. The standard InChI is InChI=1S/C17H23FN2O2S/c1-12(15-5-3-4-6-16(15)18)23-11-17(22)19-14-7-9-20(10-8-14)13(2)21/h3-6,12,14H,7-11H2,1-2H3,(H,19,22)/t12-/m1/s1. The van der Waals surface area contributed by atoms with E-state index in [0.717, 1.165) is 12.8 Å². The fourth-order valence-electron chi connectivity index (χ4n) is 2.70. The average Bonchev–Trinajstić information content (AvgIpc) is 2.53. The monoisotopic (exact) mass is 338 g/mol. The van der Waals surface area contributed by atoms with Crippen LogP contribution in [0.5, 0.6) is 0 Å². The van der Waals surface area contributed by atoms with Gasteiger partial charge in [-0.15, -0.1) is 11.8 Å². The molecule has 0 saturated carbocycles. The van der Waals surface area contributed by atoms with E-state index in [1.807, 2.05) is 6.92 Å². The van der Waals surface area contributed by atoms with Gasteiger partial charge in [0.05, 0.1) is 5.75 Å². The first-order valence-electron chi connectivity index (χ1n) is 7.88. The van der Waals surface area contributed by atoms with Gasteiger partial charge in [0.25, 0.3) is 0 Å². The lowest BCUT2D eigenvalue weighted by molar-refractivity contribution is -0.130. The molecule has 0 radical (unpaired) electrons. The van der Waals surface area contributed by atoms with Crippen molar-refractivity contribution in [3.63, 3.8) is 0 Å². The van der Waals surface area contributed by atoms with Gasteiger partial charge in [0.2, 0.25) is 11.8 Å². The Kier molecular flexibility index (Phi) is 6.45. The number of halogens is 1.